The van der Waals surface area contributed by atoms with Crippen LogP contribution in [0, 0.1) is 12.8 Å². The van der Waals surface area contributed by atoms with Crippen LogP contribution in [-0.2, 0) is 6.42 Å². The standard InChI is InChI=1S/C15H20O/c1-10-8-12-7-6-11-4-2-3-5-13(11)14(12)9-15(10)16/h8-9,11,13,16H,2-7H2,1H3. The molecule has 0 aromatic heterocycles. The SMILES string of the molecule is Cc1cc2c(cc1O)C1CCCCC1CC2. The largest absolute Gasteiger partial charge is 0.508 e. The monoisotopic (exact) mass is 216 g/mol. The second-order valence-corrected chi connectivity index (χ2v) is 5.53. The van der Waals surface area contributed by atoms with E-state index < -0.39 is 0 Å². The van der Waals surface area contributed by atoms with E-state index in [4.69, 9.17) is 0 Å². The number of phenols is 1. The molecule has 0 bridgehead atoms. The Kier molecular flexibility index (Phi) is 2.42. The predicted octanol–water partition coefficient (Wildman–Crippen LogP) is 3.92. The van der Waals surface area contributed by atoms with Gasteiger partial charge in [-0.1, -0.05) is 18.9 Å². The summed E-state index contributed by atoms with van der Waals surface area (Å²) in [7, 11) is 0. The zero-order valence-electron chi connectivity index (χ0n) is 10.00. The highest BCUT2D eigenvalue weighted by Gasteiger charge is 2.31. The number of hydrogen-bond donors (Lipinski definition) is 1. The van der Waals surface area contributed by atoms with Gasteiger partial charge >= 0.3 is 0 Å². The van der Waals surface area contributed by atoms with Gasteiger partial charge in [-0.25, -0.2) is 0 Å². The van der Waals surface area contributed by atoms with Crippen molar-refractivity contribution in [2.75, 3.05) is 0 Å². The summed E-state index contributed by atoms with van der Waals surface area (Å²) in [5.74, 6) is 2.12. The number of fused-ring (bicyclic) bond motifs is 3. The molecule has 2 aliphatic carbocycles. The Balaban J connectivity index is 2.04. The minimum Gasteiger partial charge on any atom is -0.508 e. The average molecular weight is 216 g/mol. The Morgan fingerprint density at radius 3 is 2.81 bits per heavy atom. The molecule has 2 aliphatic rings. The van der Waals surface area contributed by atoms with Gasteiger partial charge in [-0.15, -0.1) is 0 Å². The third-order valence-electron chi connectivity index (χ3n) is 4.55. The Labute approximate surface area is 97.5 Å². The Morgan fingerprint density at radius 1 is 1.12 bits per heavy atom. The highest BCUT2D eigenvalue weighted by Crippen LogP contribution is 2.46. The van der Waals surface area contributed by atoms with Crippen LogP contribution in [0.2, 0.25) is 0 Å². The zero-order chi connectivity index (χ0) is 11.1. The van der Waals surface area contributed by atoms with Gasteiger partial charge < -0.3 is 5.11 Å². The molecule has 1 nitrogen and oxygen atoms in total. The molecular formula is C15H20O. The molecule has 1 N–H and O–H groups in total. The molecule has 1 heteroatoms. The van der Waals surface area contributed by atoms with Gasteiger partial charge in [0.2, 0.25) is 0 Å². The summed E-state index contributed by atoms with van der Waals surface area (Å²) >= 11 is 0. The van der Waals surface area contributed by atoms with Gasteiger partial charge in [0.15, 0.2) is 0 Å². The molecule has 16 heavy (non-hydrogen) atoms. The van der Waals surface area contributed by atoms with Crippen molar-refractivity contribution >= 4 is 0 Å². The van der Waals surface area contributed by atoms with Crippen LogP contribution in [-0.4, -0.2) is 5.11 Å². The van der Waals surface area contributed by atoms with E-state index in [-0.39, 0.29) is 0 Å². The van der Waals surface area contributed by atoms with Crippen molar-refractivity contribution in [1.29, 1.82) is 0 Å². The number of rotatable bonds is 0. The molecule has 1 aromatic carbocycles. The van der Waals surface area contributed by atoms with Crippen LogP contribution in [0.25, 0.3) is 0 Å². The van der Waals surface area contributed by atoms with Crippen LogP contribution in [0.3, 0.4) is 0 Å². The van der Waals surface area contributed by atoms with Gasteiger partial charge in [0.05, 0.1) is 0 Å². The maximum Gasteiger partial charge on any atom is 0.118 e. The minimum absolute atomic E-state index is 0.491. The second kappa shape index (κ2) is 3.80. The molecule has 1 saturated carbocycles. The predicted molar refractivity (Wildman–Crippen MR) is 65.9 cm³/mol. The molecule has 0 amide bonds. The zero-order valence-corrected chi connectivity index (χ0v) is 10.00. The molecule has 1 aromatic rings. The lowest BCUT2D eigenvalue weighted by molar-refractivity contribution is 0.275. The van der Waals surface area contributed by atoms with Crippen molar-refractivity contribution in [2.24, 2.45) is 5.92 Å². The summed E-state index contributed by atoms with van der Waals surface area (Å²) < 4.78 is 0. The lowest BCUT2D eigenvalue weighted by Gasteiger charge is -2.37. The van der Waals surface area contributed by atoms with E-state index in [1.807, 2.05) is 13.0 Å². The van der Waals surface area contributed by atoms with Crippen LogP contribution in [0.1, 0.15) is 54.7 Å². The molecule has 0 saturated heterocycles. The lowest BCUT2D eigenvalue weighted by Crippen LogP contribution is -2.24. The second-order valence-electron chi connectivity index (χ2n) is 5.53. The van der Waals surface area contributed by atoms with Crippen molar-refractivity contribution in [3.05, 3.63) is 28.8 Å². The molecule has 1 fully saturated rings. The fourth-order valence-electron chi connectivity index (χ4n) is 3.64. The number of hydrogen-bond acceptors (Lipinski definition) is 1. The first-order chi connectivity index (χ1) is 7.75. The first-order valence-electron chi connectivity index (χ1n) is 6.58. The molecular weight excluding hydrogens is 196 g/mol. The Bertz CT molecular complexity index is 408. The van der Waals surface area contributed by atoms with Gasteiger partial charge in [-0.2, -0.15) is 0 Å². The summed E-state index contributed by atoms with van der Waals surface area (Å²) in [5, 5.41) is 9.87. The van der Waals surface area contributed by atoms with E-state index in [0.717, 1.165) is 17.4 Å². The van der Waals surface area contributed by atoms with Crippen LogP contribution in [0.4, 0.5) is 0 Å². The summed E-state index contributed by atoms with van der Waals surface area (Å²) in [5.41, 5.74) is 3.99. The van der Waals surface area contributed by atoms with Crippen LogP contribution in [0.15, 0.2) is 12.1 Å². The highest BCUT2D eigenvalue weighted by atomic mass is 16.3. The molecule has 2 atom stereocenters. The first-order valence-corrected chi connectivity index (χ1v) is 6.58. The summed E-state index contributed by atoms with van der Waals surface area (Å²) in [6.45, 7) is 2.00. The van der Waals surface area contributed by atoms with E-state index >= 15 is 0 Å². The van der Waals surface area contributed by atoms with Crippen molar-refractivity contribution in [2.45, 2.75) is 51.4 Å². The van der Waals surface area contributed by atoms with E-state index in [9.17, 15) is 5.11 Å². The van der Waals surface area contributed by atoms with Crippen molar-refractivity contribution in [3.63, 3.8) is 0 Å². The lowest BCUT2D eigenvalue weighted by atomic mass is 9.68. The summed E-state index contributed by atoms with van der Waals surface area (Å²) in [6, 6.07) is 4.25. The molecule has 2 unspecified atom stereocenters. The quantitative estimate of drug-likeness (QED) is 0.697. The van der Waals surface area contributed by atoms with Gasteiger partial charge in [0.25, 0.3) is 0 Å². The van der Waals surface area contributed by atoms with E-state index in [2.05, 4.69) is 6.07 Å². The van der Waals surface area contributed by atoms with Crippen LogP contribution >= 0.6 is 0 Å². The van der Waals surface area contributed by atoms with Crippen LogP contribution < -0.4 is 0 Å². The maximum absolute atomic E-state index is 9.87. The van der Waals surface area contributed by atoms with Crippen molar-refractivity contribution < 1.29 is 5.11 Å². The number of benzene rings is 1. The maximum atomic E-state index is 9.87. The van der Waals surface area contributed by atoms with Gasteiger partial charge in [-0.05, 0) is 67.2 Å². The average Bonchev–Trinajstić information content (AvgIpc) is 2.31. The van der Waals surface area contributed by atoms with Gasteiger partial charge in [-0.3, -0.25) is 0 Å². The van der Waals surface area contributed by atoms with Crippen molar-refractivity contribution in [1.82, 2.24) is 0 Å². The fourth-order valence-corrected chi connectivity index (χ4v) is 3.64. The number of aryl methyl sites for hydroxylation is 2. The van der Waals surface area contributed by atoms with Crippen LogP contribution in [0.5, 0.6) is 5.75 Å². The van der Waals surface area contributed by atoms with Gasteiger partial charge in [0, 0.05) is 0 Å². The van der Waals surface area contributed by atoms with E-state index in [1.165, 1.54) is 49.7 Å². The number of aromatic hydroxyl groups is 1. The third-order valence-corrected chi connectivity index (χ3v) is 4.55. The first kappa shape index (κ1) is 10.2. The molecule has 0 radical (unpaired) electrons. The van der Waals surface area contributed by atoms with Crippen molar-refractivity contribution in [3.8, 4) is 5.75 Å². The minimum atomic E-state index is 0.491. The molecule has 86 valence electrons. The smallest absolute Gasteiger partial charge is 0.118 e. The molecule has 0 spiro atoms. The molecule has 3 rings (SSSR count). The topological polar surface area (TPSA) is 20.2 Å². The van der Waals surface area contributed by atoms with Gasteiger partial charge in [0.1, 0.15) is 5.75 Å². The Morgan fingerprint density at radius 2 is 1.94 bits per heavy atom. The Hall–Kier alpha value is -0.980. The summed E-state index contributed by atoms with van der Waals surface area (Å²) in [4.78, 5) is 0. The third kappa shape index (κ3) is 1.53. The molecule has 0 aliphatic heterocycles. The highest BCUT2D eigenvalue weighted by molar-refractivity contribution is 5.44. The summed E-state index contributed by atoms with van der Waals surface area (Å²) in [6.07, 6.45) is 8.10. The van der Waals surface area contributed by atoms with E-state index in [0.29, 0.717) is 5.75 Å². The number of phenolic OH excluding ortho intramolecular Hbond substituents is 1. The van der Waals surface area contributed by atoms with E-state index in [1.54, 1.807) is 0 Å². The molecule has 0 heterocycles. The fraction of sp³-hybridized carbons (Fsp3) is 0.600. The normalized spacial score (nSPS) is 28.3.